The van der Waals surface area contributed by atoms with E-state index in [1.54, 1.807) is 23.1 Å². The van der Waals surface area contributed by atoms with E-state index in [0.29, 0.717) is 35.9 Å². The molecular formula is C32H33ClN4O6. The maximum Gasteiger partial charge on any atom is 0.326 e. The highest BCUT2D eigenvalue weighted by molar-refractivity contribution is 6.30. The van der Waals surface area contributed by atoms with E-state index in [0.717, 1.165) is 11.1 Å². The summed E-state index contributed by atoms with van der Waals surface area (Å²) in [4.78, 5) is 58.9. The number of carbonyl (C=O) groups is 4. The molecule has 2 aliphatic heterocycles. The van der Waals surface area contributed by atoms with Crippen LogP contribution in [0, 0.1) is 0 Å². The number of hydrogen-bond acceptors (Lipinski definition) is 6. The Balaban J connectivity index is 1.68. The number of nitrogens with zero attached hydrogens (tertiary/aromatic N) is 3. The molecule has 2 aromatic rings. The van der Waals surface area contributed by atoms with Gasteiger partial charge in [0, 0.05) is 23.7 Å². The van der Waals surface area contributed by atoms with Gasteiger partial charge in [0.2, 0.25) is 5.91 Å². The lowest BCUT2D eigenvalue weighted by molar-refractivity contribution is -0.136. The number of carbonyl (C=O) groups excluding carboxylic acids is 3. The summed E-state index contributed by atoms with van der Waals surface area (Å²) in [5.41, 5.74) is 1.75. The third-order valence-corrected chi connectivity index (χ3v) is 7.50. The number of carboxylic acid groups (broad SMARTS) is 1. The number of carboxylic acids is 1. The Labute approximate surface area is 254 Å². The van der Waals surface area contributed by atoms with Crippen molar-refractivity contribution in [3.63, 3.8) is 0 Å². The Hall–Kier alpha value is -4.44. The predicted octanol–water partition coefficient (Wildman–Crippen LogP) is 4.78. The van der Waals surface area contributed by atoms with Crippen LogP contribution in [-0.4, -0.2) is 75.7 Å². The SMILES string of the molecule is CC(C)(C)Oc1cc(C(=O)CC(=O)O)ccc1C1=N[C@@H](c2ccc(Cl)cc2)[C@@H](C2=CC=CC2)N1C(=O)N1CCNC(=O)C1. The summed E-state index contributed by atoms with van der Waals surface area (Å²) in [5, 5.41) is 12.5. The molecule has 0 spiro atoms. The fourth-order valence-electron chi connectivity index (χ4n) is 5.40. The van der Waals surface area contributed by atoms with E-state index in [1.165, 1.54) is 17.0 Å². The number of aliphatic imine (C=N–C) groups is 1. The lowest BCUT2D eigenvalue weighted by atomic mass is 9.93. The fraction of sp³-hybridized carbons (Fsp3) is 0.344. The average Bonchev–Trinajstić information content (AvgIpc) is 3.60. The molecule has 0 saturated carbocycles. The summed E-state index contributed by atoms with van der Waals surface area (Å²) in [6.07, 6.45) is 5.89. The second-order valence-corrected chi connectivity index (χ2v) is 12.0. The van der Waals surface area contributed by atoms with Gasteiger partial charge in [-0.1, -0.05) is 48.0 Å². The smallest absolute Gasteiger partial charge is 0.326 e. The average molecular weight is 605 g/mol. The van der Waals surface area contributed by atoms with Crippen molar-refractivity contribution in [3.8, 4) is 5.75 Å². The van der Waals surface area contributed by atoms with Crippen molar-refractivity contribution in [3.05, 3.63) is 88.0 Å². The number of ketones is 1. The molecule has 11 heteroatoms. The molecule has 3 aliphatic rings. The zero-order valence-corrected chi connectivity index (χ0v) is 24.9. The van der Waals surface area contributed by atoms with Gasteiger partial charge in [-0.2, -0.15) is 0 Å². The number of allylic oxidation sites excluding steroid dienone is 3. The molecule has 3 amide bonds. The number of amides is 3. The van der Waals surface area contributed by atoms with E-state index < -0.39 is 35.9 Å². The summed E-state index contributed by atoms with van der Waals surface area (Å²) in [6, 6.07) is 10.6. The highest BCUT2D eigenvalue weighted by Gasteiger charge is 2.46. The number of benzene rings is 2. The number of Topliss-reactive ketones (excluding diaryl/α,β-unsaturated/α-hetero) is 1. The van der Waals surface area contributed by atoms with Crippen molar-refractivity contribution in [2.75, 3.05) is 19.6 Å². The Kier molecular flexibility index (Phi) is 8.41. The molecule has 2 aromatic carbocycles. The van der Waals surface area contributed by atoms with Gasteiger partial charge in [0.1, 0.15) is 36.2 Å². The second kappa shape index (κ2) is 12.0. The van der Waals surface area contributed by atoms with Crippen molar-refractivity contribution in [1.29, 1.82) is 0 Å². The van der Waals surface area contributed by atoms with Crippen LogP contribution in [-0.2, 0) is 9.59 Å². The molecule has 0 radical (unpaired) electrons. The molecule has 5 rings (SSSR count). The number of urea groups is 1. The summed E-state index contributed by atoms with van der Waals surface area (Å²) >= 11 is 6.21. The molecule has 2 heterocycles. The minimum absolute atomic E-state index is 0.0911. The highest BCUT2D eigenvalue weighted by atomic mass is 35.5. The number of hydrogen-bond donors (Lipinski definition) is 2. The van der Waals surface area contributed by atoms with E-state index in [2.05, 4.69) is 5.32 Å². The van der Waals surface area contributed by atoms with Gasteiger partial charge in [-0.25, -0.2) is 4.79 Å². The van der Waals surface area contributed by atoms with E-state index >= 15 is 0 Å². The van der Waals surface area contributed by atoms with Crippen LogP contribution < -0.4 is 10.1 Å². The van der Waals surface area contributed by atoms with Gasteiger partial charge in [-0.05, 0) is 62.6 Å². The van der Waals surface area contributed by atoms with Gasteiger partial charge in [0.25, 0.3) is 0 Å². The Morgan fingerprint density at radius 3 is 2.51 bits per heavy atom. The van der Waals surface area contributed by atoms with E-state index in [9.17, 15) is 24.3 Å². The molecule has 43 heavy (non-hydrogen) atoms. The van der Waals surface area contributed by atoms with E-state index in [-0.39, 0.29) is 29.8 Å². The quantitative estimate of drug-likeness (QED) is 0.346. The number of ether oxygens (including phenoxy) is 1. The highest BCUT2D eigenvalue weighted by Crippen LogP contribution is 2.42. The van der Waals surface area contributed by atoms with Crippen molar-refractivity contribution >= 4 is 41.1 Å². The normalized spacial score (nSPS) is 20.0. The molecule has 2 atom stereocenters. The van der Waals surface area contributed by atoms with Crippen LogP contribution in [0.4, 0.5) is 4.79 Å². The zero-order valence-electron chi connectivity index (χ0n) is 24.2. The summed E-state index contributed by atoms with van der Waals surface area (Å²) in [5.74, 6) is -1.45. The first kappa shape index (κ1) is 30.0. The topological polar surface area (TPSA) is 129 Å². The van der Waals surface area contributed by atoms with E-state index in [1.807, 2.05) is 51.1 Å². The van der Waals surface area contributed by atoms with Crippen LogP contribution in [0.15, 0.2) is 71.3 Å². The number of aliphatic carboxylic acids is 1. The summed E-state index contributed by atoms with van der Waals surface area (Å²) in [7, 11) is 0. The summed E-state index contributed by atoms with van der Waals surface area (Å²) < 4.78 is 6.31. The molecular weight excluding hydrogens is 572 g/mol. The maximum atomic E-state index is 14.4. The van der Waals surface area contributed by atoms with Gasteiger partial charge >= 0.3 is 12.0 Å². The summed E-state index contributed by atoms with van der Waals surface area (Å²) in [6.45, 7) is 6.12. The van der Waals surface area contributed by atoms with Gasteiger partial charge in [-0.3, -0.25) is 24.3 Å². The largest absolute Gasteiger partial charge is 0.487 e. The van der Waals surface area contributed by atoms with Crippen LogP contribution >= 0.6 is 11.6 Å². The molecule has 1 aliphatic carbocycles. The third-order valence-electron chi connectivity index (χ3n) is 7.25. The Bertz CT molecular complexity index is 1560. The molecule has 0 aromatic heterocycles. The van der Waals surface area contributed by atoms with Crippen molar-refractivity contribution < 1.29 is 29.0 Å². The first-order chi connectivity index (χ1) is 20.4. The van der Waals surface area contributed by atoms with Gasteiger partial charge in [0.15, 0.2) is 5.78 Å². The zero-order chi connectivity index (χ0) is 30.9. The maximum absolute atomic E-state index is 14.4. The third kappa shape index (κ3) is 6.64. The molecule has 0 bridgehead atoms. The number of piperazine rings is 1. The van der Waals surface area contributed by atoms with E-state index in [4.69, 9.17) is 21.3 Å². The lowest BCUT2D eigenvalue weighted by Crippen LogP contribution is -2.56. The molecule has 224 valence electrons. The molecule has 2 N–H and O–H groups in total. The van der Waals surface area contributed by atoms with Crippen LogP contribution in [0.3, 0.4) is 0 Å². The van der Waals surface area contributed by atoms with Crippen molar-refractivity contribution in [2.45, 2.75) is 51.3 Å². The fourth-order valence-corrected chi connectivity index (χ4v) is 5.53. The Morgan fingerprint density at radius 2 is 1.88 bits per heavy atom. The minimum Gasteiger partial charge on any atom is -0.487 e. The van der Waals surface area contributed by atoms with Gasteiger partial charge < -0.3 is 20.1 Å². The Morgan fingerprint density at radius 1 is 1.14 bits per heavy atom. The van der Waals surface area contributed by atoms with Crippen LogP contribution in [0.25, 0.3) is 0 Å². The number of nitrogens with one attached hydrogen (secondary N) is 1. The van der Waals surface area contributed by atoms with Crippen LogP contribution in [0.2, 0.25) is 5.02 Å². The minimum atomic E-state index is -1.23. The standard InChI is InChI=1S/C32H33ClN4O6/c1-32(2,3)43-25-16-21(24(38)17-27(40)41)10-13-23(25)30-35-28(19-8-11-22(33)12-9-19)29(20-6-4-5-7-20)37(30)31(42)36-15-14-34-26(39)18-36/h4-6,8-13,16,28-29H,7,14-15,17-18H2,1-3H3,(H,34,39)(H,40,41)/t28-,29+/m0/s1. The van der Waals surface area contributed by atoms with Crippen LogP contribution in [0.5, 0.6) is 5.75 Å². The molecule has 10 nitrogen and oxygen atoms in total. The molecule has 0 unspecified atom stereocenters. The number of amidine groups is 1. The first-order valence-corrected chi connectivity index (χ1v) is 14.4. The number of rotatable bonds is 7. The van der Waals surface area contributed by atoms with Crippen molar-refractivity contribution in [2.24, 2.45) is 4.99 Å². The second-order valence-electron chi connectivity index (χ2n) is 11.6. The van der Waals surface area contributed by atoms with Gasteiger partial charge in [-0.15, -0.1) is 0 Å². The monoisotopic (exact) mass is 604 g/mol. The first-order valence-electron chi connectivity index (χ1n) is 14.0. The lowest BCUT2D eigenvalue weighted by Gasteiger charge is -2.36. The number of halogens is 1. The molecule has 1 fully saturated rings. The van der Waals surface area contributed by atoms with Gasteiger partial charge in [0.05, 0.1) is 11.6 Å². The predicted molar refractivity (Wildman–Crippen MR) is 162 cm³/mol. The molecule has 1 saturated heterocycles. The van der Waals surface area contributed by atoms with Crippen molar-refractivity contribution in [1.82, 2.24) is 15.1 Å². The van der Waals surface area contributed by atoms with Crippen LogP contribution in [0.1, 0.15) is 61.1 Å².